The van der Waals surface area contributed by atoms with E-state index >= 15 is 0 Å². The highest BCUT2D eigenvalue weighted by atomic mass is 16.5. The minimum Gasteiger partial charge on any atom is -0.379 e. The maximum atomic E-state index is 5.59. The Balaban J connectivity index is 2.20. The van der Waals surface area contributed by atoms with Gasteiger partial charge in [-0.2, -0.15) is 0 Å². The van der Waals surface area contributed by atoms with Gasteiger partial charge in [0.25, 0.3) is 0 Å². The van der Waals surface area contributed by atoms with Crippen LogP contribution in [0.3, 0.4) is 0 Å². The Hall–Kier alpha value is -0.860. The molecule has 1 heterocycles. The number of rotatable bonds is 8. The lowest BCUT2D eigenvalue weighted by molar-refractivity contribution is -0.0310. The summed E-state index contributed by atoms with van der Waals surface area (Å²) in [5.41, 5.74) is 1.81. The smallest absolute Gasteiger partial charge is 0.0594 e. The van der Waals surface area contributed by atoms with Crippen LogP contribution in [-0.2, 0) is 11.2 Å². The zero-order valence-corrected chi connectivity index (χ0v) is 13.8. The average Bonchev–Trinajstić information content (AvgIpc) is 2.55. The van der Waals surface area contributed by atoms with E-state index in [1.807, 2.05) is 0 Å². The van der Waals surface area contributed by atoms with Crippen LogP contribution in [0.5, 0.6) is 0 Å². The molecule has 0 amide bonds. The van der Waals surface area contributed by atoms with E-state index in [-0.39, 0.29) is 0 Å². The monoisotopic (exact) mass is 289 g/mol. The fraction of sp³-hybridized carbons (Fsp3) is 0.684. The molecule has 0 aliphatic carbocycles. The summed E-state index contributed by atoms with van der Waals surface area (Å²) < 4.78 is 5.59. The van der Waals surface area contributed by atoms with Crippen molar-refractivity contribution >= 4 is 0 Å². The van der Waals surface area contributed by atoms with Crippen molar-refractivity contribution in [1.82, 2.24) is 4.90 Å². The van der Waals surface area contributed by atoms with E-state index in [4.69, 9.17) is 4.74 Å². The summed E-state index contributed by atoms with van der Waals surface area (Å²) in [6.07, 6.45) is 7.65. The molecule has 0 saturated carbocycles. The molecule has 1 aromatic carbocycles. The van der Waals surface area contributed by atoms with Crippen molar-refractivity contribution in [2.45, 2.75) is 57.9 Å². The normalized spacial score (nSPS) is 19.3. The highest BCUT2D eigenvalue weighted by Crippen LogP contribution is 2.32. The van der Waals surface area contributed by atoms with Gasteiger partial charge in [0.2, 0.25) is 0 Å². The summed E-state index contributed by atoms with van der Waals surface area (Å²) in [5, 5.41) is 0. The van der Waals surface area contributed by atoms with Crippen LogP contribution in [-0.4, -0.2) is 36.7 Å². The Morgan fingerprint density at radius 3 is 2.33 bits per heavy atom. The summed E-state index contributed by atoms with van der Waals surface area (Å²) in [5.74, 6) is 0. The summed E-state index contributed by atoms with van der Waals surface area (Å²) in [7, 11) is 0. The molecule has 21 heavy (non-hydrogen) atoms. The van der Waals surface area contributed by atoms with E-state index in [1.165, 1.54) is 44.1 Å². The molecule has 1 aromatic rings. The van der Waals surface area contributed by atoms with Gasteiger partial charge in [0.1, 0.15) is 0 Å². The molecular formula is C19H31NO. The van der Waals surface area contributed by atoms with E-state index in [2.05, 4.69) is 49.1 Å². The maximum Gasteiger partial charge on any atom is 0.0594 e. The fourth-order valence-electron chi connectivity index (χ4n) is 3.71. The molecule has 0 aromatic heterocycles. The largest absolute Gasteiger partial charge is 0.379 e. The fourth-order valence-corrected chi connectivity index (χ4v) is 3.71. The minimum absolute atomic E-state index is 0.329. The third kappa shape index (κ3) is 4.55. The zero-order chi connectivity index (χ0) is 15.0. The summed E-state index contributed by atoms with van der Waals surface area (Å²) in [6.45, 7) is 8.61. The Morgan fingerprint density at radius 1 is 1.00 bits per heavy atom. The number of benzene rings is 1. The van der Waals surface area contributed by atoms with E-state index < -0.39 is 0 Å². The lowest BCUT2D eigenvalue weighted by atomic mass is 9.80. The van der Waals surface area contributed by atoms with Gasteiger partial charge < -0.3 is 4.74 Å². The van der Waals surface area contributed by atoms with Crippen LogP contribution in [0.1, 0.15) is 51.5 Å². The first-order chi connectivity index (χ1) is 10.3. The molecule has 118 valence electrons. The van der Waals surface area contributed by atoms with E-state index in [9.17, 15) is 0 Å². The number of morpholine rings is 1. The summed E-state index contributed by atoms with van der Waals surface area (Å²) in [6, 6.07) is 11.0. The third-order valence-electron chi connectivity index (χ3n) is 4.77. The first-order valence-corrected chi connectivity index (χ1v) is 8.67. The predicted octanol–water partition coefficient (Wildman–Crippen LogP) is 4.29. The highest BCUT2D eigenvalue weighted by molar-refractivity contribution is 5.18. The standard InChI is InChI=1S/C19H31NO/c1-3-5-12-19(11-4-2,20-13-15-21-16-14-20)17-18-9-7-6-8-10-18/h6-10H,3-5,11-17H2,1-2H3. The van der Waals surface area contributed by atoms with E-state index in [0.717, 1.165) is 26.3 Å². The van der Waals surface area contributed by atoms with Crippen LogP contribution >= 0.6 is 0 Å². The Bertz CT molecular complexity index is 386. The summed E-state index contributed by atoms with van der Waals surface area (Å²) in [4.78, 5) is 2.72. The molecule has 0 bridgehead atoms. The molecular weight excluding hydrogens is 258 g/mol. The van der Waals surface area contributed by atoms with Crippen LogP contribution in [0.25, 0.3) is 0 Å². The van der Waals surface area contributed by atoms with Gasteiger partial charge in [0.15, 0.2) is 0 Å². The van der Waals surface area contributed by atoms with Gasteiger partial charge in [-0.3, -0.25) is 4.90 Å². The van der Waals surface area contributed by atoms with Gasteiger partial charge in [-0.25, -0.2) is 0 Å². The lowest BCUT2D eigenvalue weighted by Crippen LogP contribution is -2.54. The van der Waals surface area contributed by atoms with Crippen LogP contribution in [0.4, 0.5) is 0 Å². The minimum atomic E-state index is 0.329. The molecule has 1 aliphatic rings. The van der Waals surface area contributed by atoms with Gasteiger partial charge in [0.05, 0.1) is 13.2 Å². The van der Waals surface area contributed by atoms with Gasteiger partial charge in [-0.1, -0.05) is 63.4 Å². The number of hydrogen-bond donors (Lipinski definition) is 0. The topological polar surface area (TPSA) is 12.5 Å². The first-order valence-electron chi connectivity index (χ1n) is 8.67. The number of hydrogen-bond acceptors (Lipinski definition) is 2. The van der Waals surface area contributed by atoms with Crippen molar-refractivity contribution in [3.8, 4) is 0 Å². The number of unbranched alkanes of at least 4 members (excludes halogenated alkanes) is 1. The molecule has 0 radical (unpaired) electrons. The Kier molecular flexibility index (Phi) is 6.72. The molecule has 1 fully saturated rings. The molecule has 1 saturated heterocycles. The van der Waals surface area contributed by atoms with Crippen molar-refractivity contribution in [1.29, 1.82) is 0 Å². The lowest BCUT2D eigenvalue weighted by Gasteiger charge is -2.46. The molecule has 0 N–H and O–H groups in total. The maximum absolute atomic E-state index is 5.59. The quantitative estimate of drug-likeness (QED) is 0.708. The number of nitrogens with zero attached hydrogens (tertiary/aromatic N) is 1. The van der Waals surface area contributed by atoms with Crippen molar-refractivity contribution in [3.05, 3.63) is 35.9 Å². The molecule has 2 heteroatoms. The average molecular weight is 289 g/mol. The van der Waals surface area contributed by atoms with Crippen molar-refractivity contribution in [3.63, 3.8) is 0 Å². The van der Waals surface area contributed by atoms with Crippen LogP contribution < -0.4 is 0 Å². The van der Waals surface area contributed by atoms with Crippen LogP contribution in [0.15, 0.2) is 30.3 Å². The van der Waals surface area contributed by atoms with Gasteiger partial charge in [0, 0.05) is 18.6 Å². The van der Waals surface area contributed by atoms with Crippen molar-refractivity contribution < 1.29 is 4.74 Å². The van der Waals surface area contributed by atoms with Gasteiger partial charge in [-0.05, 0) is 24.8 Å². The second-order valence-electron chi connectivity index (χ2n) is 6.34. The molecule has 2 nitrogen and oxygen atoms in total. The van der Waals surface area contributed by atoms with Crippen molar-refractivity contribution in [2.24, 2.45) is 0 Å². The molecule has 2 rings (SSSR count). The van der Waals surface area contributed by atoms with Crippen LogP contribution in [0.2, 0.25) is 0 Å². The Labute approximate surface area is 130 Å². The second-order valence-corrected chi connectivity index (χ2v) is 6.34. The third-order valence-corrected chi connectivity index (χ3v) is 4.77. The van der Waals surface area contributed by atoms with Crippen LogP contribution in [0, 0.1) is 0 Å². The Morgan fingerprint density at radius 2 is 1.71 bits per heavy atom. The highest BCUT2D eigenvalue weighted by Gasteiger charge is 2.36. The molecule has 1 atom stereocenters. The predicted molar refractivity (Wildman–Crippen MR) is 89.7 cm³/mol. The summed E-state index contributed by atoms with van der Waals surface area (Å²) >= 11 is 0. The van der Waals surface area contributed by atoms with Crippen molar-refractivity contribution in [2.75, 3.05) is 26.3 Å². The second kappa shape index (κ2) is 8.55. The first kappa shape index (κ1) is 16.5. The van der Waals surface area contributed by atoms with Gasteiger partial charge >= 0.3 is 0 Å². The van der Waals surface area contributed by atoms with E-state index in [1.54, 1.807) is 0 Å². The van der Waals surface area contributed by atoms with E-state index in [0.29, 0.717) is 5.54 Å². The van der Waals surface area contributed by atoms with Gasteiger partial charge in [-0.15, -0.1) is 0 Å². The molecule has 1 aliphatic heterocycles. The molecule has 1 unspecified atom stereocenters. The SMILES string of the molecule is CCCCC(CCC)(Cc1ccccc1)N1CCOCC1. The molecule has 0 spiro atoms. The number of ether oxygens (including phenoxy) is 1. The zero-order valence-electron chi connectivity index (χ0n) is 13.8.